The molecule has 1 aliphatic heterocycles. The maximum Gasteiger partial charge on any atom is 0.332 e. The summed E-state index contributed by atoms with van der Waals surface area (Å²) in [5, 5.41) is 0. The molecule has 2 aromatic heterocycles. The molecule has 0 N–H and O–H groups in total. The summed E-state index contributed by atoms with van der Waals surface area (Å²) in [6.07, 6.45) is 0. The molecule has 7 nitrogen and oxygen atoms in total. The maximum atomic E-state index is 13.7. The molecule has 0 fully saturated rings. The third-order valence-corrected chi connectivity index (χ3v) is 6.55. The Balaban J connectivity index is 1.74. The van der Waals surface area contributed by atoms with Crippen LogP contribution in [0.1, 0.15) is 29.2 Å². The second kappa shape index (κ2) is 7.76. The Labute approximate surface area is 192 Å². The van der Waals surface area contributed by atoms with Crippen molar-refractivity contribution in [2.24, 2.45) is 13.0 Å². The fourth-order valence-electron chi connectivity index (χ4n) is 4.93. The molecule has 2 aromatic carbocycles. The second-order valence-electron chi connectivity index (χ2n) is 9.42. The van der Waals surface area contributed by atoms with Crippen molar-refractivity contribution in [3.8, 4) is 0 Å². The number of anilines is 2. The maximum absolute atomic E-state index is 13.7. The van der Waals surface area contributed by atoms with Crippen LogP contribution in [-0.2, 0) is 20.1 Å². The summed E-state index contributed by atoms with van der Waals surface area (Å²) in [6.45, 7) is 10.1. The summed E-state index contributed by atoms with van der Waals surface area (Å²) >= 11 is 0. The van der Waals surface area contributed by atoms with E-state index >= 15 is 0 Å². The number of hydrogen-bond donors (Lipinski definition) is 0. The number of fused-ring (bicyclic) bond motifs is 3. The molecular weight excluding hydrogens is 414 g/mol. The van der Waals surface area contributed by atoms with Gasteiger partial charge in [0.1, 0.15) is 0 Å². The minimum Gasteiger partial charge on any atom is -0.312 e. The van der Waals surface area contributed by atoms with Gasteiger partial charge in [0.2, 0.25) is 5.95 Å². The number of benzene rings is 2. The zero-order valence-corrected chi connectivity index (χ0v) is 19.8. The summed E-state index contributed by atoms with van der Waals surface area (Å²) in [5.74, 6) is 1.03. The van der Waals surface area contributed by atoms with Crippen LogP contribution in [0.4, 0.5) is 11.6 Å². The molecular formula is C26H29N5O2. The standard InChI is InChI=1S/C26H29N5O2/c1-16-10-17(2)12-21(11-16)29-13-18(3)14-30-22-23(27-25(29)30)28(5)26(33)31(24(22)32)15-20-9-7-6-8-19(20)4/h6-12,18H,13-15H2,1-5H3. The van der Waals surface area contributed by atoms with Crippen LogP contribution in [0.25, 0.3) is 11.2 Å². The summed E-state index contributed by atoms with van der Waals surface area (Å²) in [4.78, 5) is 33.9. The Morgan fingerprint density at radius 2 is 1.70 bits per heavy atom. The van der Waals surface area contributed by atoms with E-state index in [2.05, 4.69) is 43.9 Å². The van der Waals surface area contributed by atoms with Crippen molar-refractivity contribution in [3.63, 3.8) is 0 Å². The van der Waals surface area contributed by atoms with Crippen LogP contribution < -0.4 is 16.1 Å². The molecule has 0 saturated heterocycles. The lowest BCUT2D eigenvalue weighted by Gasteiger charge is -2.33. The fourth-order valence-corrected chi connectivity index (χ4v) is 4.93. The van der Waals surface area contributed by atoms with E-state index in [0.29, 0.717) is 29.6 Å². The average molecular weight is 444 g/mol. The minimum absolute atomic E-state index is 0.241. The number of nitrogens with zero attached hydrogens (tertiary/aromatic N) is 5. The van der Waals surface area contributed by atoms with Crippen LogP contribution in [0, 0.1) is 26.7 Å². The van der Waals surface area contributed by atoms with Crippen molar-refractivity contribution in [3.05, 3.63) is 85.6 Å². The van der Waals surface area contributed by atoms with Crippen LogP contribution in [0.15, 0.2) is 52.1 Å². The smallest absolute Gasteiger partial charge is 0.312 e. The van der Waals surface area contributed by atoms with Crippen molar-refractivity contribution in [2.45, 2.75) is 40.8 Å². The zero-order chi connectivity index (χ0) is 23.4. The van der Waals surface area contributed by atoms with Gasteiger partial charge in [-0.3, -0.25) is 13.9 Å². The highest BCUT2D eigenvalue weighted by molar-refractivity contribution is 5.77. The van der Waals surface area contributed by atoms with E-state index in [1.165, 1.54) is 20.3 Å². The molecule has 0 radical (unpaired) electrons. The first-order chi connectivity index (χ1) is 15.7. The number of aromatic nitrogens is 4. The van der Waals surface area contributed by atoms with E-state index in [0.717, 1.165) is 23.4 Å². The molecule has 3 heterocycles. The molecule has 1 unspecified atom stereocenters. The molecule has 0 spiro atoms. The van der Waals surface area contributed by atoms with Gasteiger partial charge in [-0.05, 0) is 61.1 Å². The number of aryl methyl sites for hydroxylation is 4. The largest absolute Gasteiger partial charge is 0.332 e. The van der Waals surface area contributed by atoms with Crippen LogP contribution in [0.2, 0.25) is 0 Å². The third kappa shape index (κ3) is 3.48. The highest BCUT2D eigenvalue weighted by atomic mass is 16.2. The van der Waals surface area contributed by atoms with Gasteiger partial charge in [-0.1, -0.05) is 37.3 Å². The quantitative estimate of drug-likeness (QED) is 0.485. The van der Waals surface area contributed by atoms with Crippen LogP contribution in [0.3, 0.4) is 0 Å². The number of rotatable bonds is 3. The van der Waals surface area contributed by atoms with E-state index < -0.39 is 0 Å². The lowest BCUT2D eigenvalue weighted by atomic mass is 10.1. The molecule has 33 heavy (non-hydrogen) atoms. The minimum atomic E-state index is -0.350. The highest BCUT2D eigenvalue weighted by Gasteiger charge is 2.30. The molecule has 5 rings (SSSR count). The molecule has 0 amide bonds. The summed E-state index contributed by atoms with van der Waals surface area (Å²) in [5.41, 5.74) is 5.71. The monoisotopic (exact) mass is 443 g/mol. The Bertz CT molecular complexity index is 1490. The van der Waals surface area contributed by atoms with Gasteiger partial charge >= 0.3 is 5.69 Å². The van der Waals surface area contributed by atoms with Crippen LogP contribution in [-0.4, -0.2) is 25.2 Å². The van der Waals surface area contributed by atoms with Gasteiger partial charge in [-0.2, -0.15) is 4.98 Å². The van der Waals surface area contributed by atoms with Crippen LogP contribution in [0.5, 0.6) is 0 Å². The zero-order valence-electron chi connectivity index (χ0n) is 19.8. The predicted molar refractivity (Wildman–Crippen MR) is 132 cm³/mol. The molecule has 170 valence electrons. The van der Waals surface area contributed by atoms with Gasteiger partial charge in [0.25, 0.3) is 5.56 Å². The Kier molecular flexibility index (Phi) is 5.00. The number of hydrogen-bond acceptors (Lipinski definition) is 4. The highest BCUT2D eigenvalue weighted by Crippen LogP contribution is 2.33. The molecule has 7 heteroatoms. The van der Waals surface area contributed by atoms with E-state index in [9.17, 15) is 9.59 Å². The van der Waals surface area contributed by atoms with Gasteiger partial charge in [0.15, 0.2) is 11.2 Å². The Morgan fingerprint density at radius 1 is 1.00 bits per heavy atom. The summed E-state index contributed by atoms with van der Waals surface area (Å²) in [7, 11) is 1.70. The molecule has 0 aliphatic carbocycles. The SMILES string of the molecule is Cc1cc(C)cc(N2CC(C)Cn3c2nc2c3c(=O)n(Cc3ccccc3C)c(=O)n2C)c1. The average Bonchev–Trinajstić information content (AvgIpc) is 3.14. The van der Waals surface area contributed by atoms with Crippen molar-refractivity contribution in [1.82, 2.24) is 18.7 Å². The van der Waals surface area contributed by atoms with E-state index in [1.807, 2.05) is 35.8 Å². The van der Waals surface area contributed by atoms with Gasteiger partial charge < -0.3 is 9.47 Å². The topological polar surface area (TPSA) is 65.1 Å². The van der Waals surface area contributed by atoms with Crippen LogP contribution >= 0.6 is 0 Å². The Morgan fingerprint density at radius 3 is 2.39 bits per heavy atom. The van der Waals surface area contributed by atoms with Crippen molar-refractivity contribution >= 4 is 22.8 Å². The first-order valence-corrected chi connectivity index (χ1v) is 11.3. The third-order valence-electron chi connectivity index (χ3n) is 6.55. The summed E-state index contributed by atoms with van der Waals surface area (Å²) in [6, 6.07) is 14.3. The van der Waals surface area contributed by atoms with E-state index in [1.54, 1.807) is 7.05 Å². The first-order valence-electron chi connectivity index (χ1n) is 11.3. The van der Waals surface area contributed by atoms with Gasteiger partial charge in [0.05, 0.1) is 6.54 Å². The predicted octanol–water partition coefficient (Wildman–Crippen LogP) is 3.66. The number of imidazole rings is 1. The first kappa shape index (κ1) is 21.2. The summed E-state index contributed by atoms with van der Waals surface area (Å²) < 4.78 is 4.84. The van der Waals surface area contributed by atoms with Gasteiger partial charge in [-0.25, -0.2) is 4.79 Å². The lowest BCUT2D eigenvalue weighted by Crippen LogP contribution is -2.40. The van der Waals surface area contributed by atoms with Crippen molar-refractivity contribution in [2.75, 3.05) is 11.4 Å². The van der Waals surface area contributed by atoms with E-state index in [4.69, 9.17) is 4.98 Å². The van der Waals surface area contributed by atoms with Crippen molar-refractivity contribution < 1.29 is 0 Å². The normalized spacial score (nSPS) is 15.8. The molecule has 4 aromatic rings. The van der Waals surface area contributed by atoms with Crippen molar-refractivity contribution in [1.29, 1.82) is 0 Å². The fraction of sp³-hybridized carbons (Fsp3) is 0.346. The second-order valence-corrected chi connectivity index (χ2v) is 9.42. The van der Waals surface area contributed by atoms with E-state index in [-0.39, 0.29) is 17.8 Å². The molecule has 1 atom stereocenters. The molecule has 1 aliphatic rings. The molecule has 0 saturated carbocycles. The van der Waals surface area contributed by atoms with Gasteiger partial charge in [0, 0.05) is 25.8 Å². The lowest BCUT2D eigenvalue weighted by molar-refractivity contribution is 0.458. The molecule has 0 bridgehead atoms. The van der Waals surface area contributed by atoms with Gasteiger partial charge in [-0.15, -0.1) is 0 Å². The Hall–Kier alpha value is -3.61.